The van der Waals surface area contributed by atoms with E-state index < -0.39 is 17.4 Å². The molecule has 2 aromatic carbocycles. The summed E-state index contributed by atoms with van der Waals surface area (Å²) in [6.45, 7) is 0. The zero-order valence-electron chi connectivity index (χ0n) is 14.4. The van der Waals surface area contributed by atoms with E-state index in [1.165, 1.54) is 19.2 Å². The molecule has 1 saturated carbocycles. The highest BCUT2D eigenvalue weighted by atomic mass is 19.1. The number of ether oxygens (including phenoxy) is 1. The molecule has 2 aliphatic rings. The average molecular weight is 354 g/mol. The third-order valence-electron chi connectivity index (χ3n) is 5.23. The summed E-state index contributed by atoms with van der Waals surface area (Å²) in [5.41, 5.74) is 8.37. The predicted octanol–water partition coefficient (Wildman–Crippen LogP) is 2.58. The highest BCUT2D eigenvalue weighted by Crippen LogP contribution is 2.58. The Kier molecular flexibility index (Phi) is 3.80. The maximum atomic E-state index is 13.8. The van der Waals surface area contributed by atoms with Gasteiger partial charge in [0.05, 0.1) is 18.2 Å². The summed E-state index contributed by atoms with van der Waals surface area (Å²) < 4.78 is 18.4. The summed E-state index contributed by atoms with van der Waals surface area (Å²) in [5.74, 6) is -0.832. The van der Waals surface area contributed by atoms with Crippen LogP contribution in [0.4, 0.5) is 15.8 Å². The predicted molar refractivity (Wildman–Crippen MR) is 94.6 cm³/mol. The number of fused-ring (bicyclic) bond motifs is 2. The Morgan fingerprint density at radius 3 is 2.58 bits per heavy atom. The van der Waals surface area contributed by atoms with Gasteiger partial charge in [-0.1, -0.05) is 18.2 Å². The second-order valence-electron chi connectivity index (χ2n) is 6.88. The molecule has 4 rings (SSSR count). The number of carbonyl (C=O) groups is 2. The van der Waals surface area contributed by atoms with Gasteiger partial charge in [0.15, 0.2) is 0 Å². The monoisotopic (exact) mass is 354 g/mol. The summed E-state index contributed by atoms with van der Waals surface area (Å²) in [4.78, 5) is 26.0. The van der Waals surface area contributed by atoms with Crippen LogP contribution in [0.2, 0.25) is 0 Å². The highest BCUT2D eigenvalue weighted by molar-refractivity contribution is 6.14. The van der Waals surface area contributed by atoms with Gasteiger partial charge in [-0.3, -0.25) is 14.5 Å². The lowest BCUT2D eigenvalue weighted by Gasteiger charge is -2.19. The van der Waals surface area contributed by atoms with Crippen molar-refractivity contribution >= 4 is 23.3 Å². The largest absolute Gasteiger partial charge is 0.468 e. The molecule has 0 saturated heterocycles. The molecular formula is C20H19FN2O3. The molecule has 2 N–H and O–H groups in total. The molecule has 6 heteroatoms. The fourth-order valence-corrected chi connectivity index (χ4v) is 3.67. The van der Waals surface area contributed by atoms with Crippen molar-refractivity contribution in [1.82, 2.24) is 0 Å². The lowest BCUT2D eigenvalue weighted by molar-refractivity contribution is -0.142. The molecule has 1 heterocycles. The standard InChI is InChI=1S/C20H19FN2O3/c1-26-18(24)16(22)10-12-2-5-14(6-3-12)23-17-11-13(21)4-7-15(17)20(8-9-20)19(23)25/h2-7,11,16H,8-10,22H2,1H3. The van der Waals surface area contributed by atoms with Gasteiger partial charge in [0.25, 0.3) is 0 Å². The van der Waals surface area contributed by atoms with Crippen molar-refractivity contribution in [2.75, 3.05) is 12.0 Å². The number of hydrogen-bond acceptors (Lipinski definition) is 4. The molecule has 26 heavy (non-hydrogen) atoms. The molecule has 1 aliphatic heterocycles. The molecule has 0 radical (unpaired) electrons. The van der Waals surface area contributed by atoms with Crippen LogP contribution in [0.25, 0.3) is 0 Å². The van der Waals surface area contributed by atoms with Gasteiger partial charge in [-0.25, -0.2) is 4.39 Å². The molecule has 2 aromatic rings. The molecule has 1 atom stereocenters. The summed E-state index contributed by atoms with van der Waals surface area (Å²) in [6.07, 6.45) is 1.94. The number of benzene rings is 2. The van der Waals surface area contributed by atoms with Crippen LogP contribution in [-0.4, -0.2) is 25.0 Å². The van der Waals surface area contributed by atoms with Gasteiger partial charge in [-0.15, -0.1) is 0 Å². The Balaban J connectivity index is 1.63. The smallest absolute Gasteiger partial charge is 0.322 e. The van der Waals surface area contributed by atoms with Gasteiger partial charge in [0, 0.05) is 5.69 Å². The molecule has 1 fully saturated rings. The van der Waals surface area contributed by atoms with E-state index in [0.717, 1.165) is 24.0 Å². The number of nitrogens with two attached hydrogens (primary N) is 1. The van der Waals surface area contributed by atoms with E-state index in [-0.39, 0.29) is 11.7 Å². The van der Waals surface area contributed by atoms with Gasteiger partial charge in [-0.05, 0) is 54.7 Å². The minimum atomic E-state index is -0.733. The van der Waals surface area contributed by atoms with Crippen LogP contribution in [-0.2, 0) is 26.2 Å². The summed E-state index contributed by atoms with van der Waals surface area (Å²) in [5, 5.41) is 0. The lowest BCUT2D eigenvalue weighted by Crippen LogP contribution is -2.33. The van der Waals surface area contributed by atoms with Crippen molar-refractivity contribution in [2.24, 2.45) is 5.73 Å². The Labute approximate surface area is 150 Å². The van der Waals surface area contributed by atoms with E-state index in [1.807, 2.05) is 12.1 Å². The van der Waals surface area contributed by atoms with Crippen LogP contribution < -0.4 is 10.6 Å². The number of halogens is 1. The maximum absolute atomic E-state index is 13.8. The van der Waals surface area contributed by atoms with Gasteiger partial charge in [0.1, 0.15) is 11.9 Å². The fraction of sp³-hybridized carbons (Fsp3) is 0.300. The third-order valence-corrected chi connectivity index (χ3v) is 5.23. The van der Waals surface area contributed by atoms with Crippen molar-refractivity contribution in [2.45, 2.75) is 30.7 Å². The van der Waals surface area contributed by atoms with E-state index in [9.17, 15) is 14.0 Å². The molecule has 0 bridgehead atoms. The zero-order valence-corrected chi connectivity index (χ0v) is 14.4. The molecule has 1 amide bonds. The number of anilines is 2. The fourth-order valence-electron chi connectivity index (χ4n) is 3.67. The first kappa shape index (κ1) is 16.7. The van der Waals surface area contributed by atoms with Gasteiger partial charge in [0.2, 0.25) is 5.91 Å². The quantitative estimate of drug-likeness (QED) is 0.857. The van der Waals surface area contributed by atoms with Crippen molar-refractivity contribution in [1.29, 1.82) is 0 Å². The number of methoxy groups -OCH3 is 1. The summed E-state index contributed by atoms with van der Waals surface area (Å²) >= 11 is 0. The third kappa shape index (κ3) is 2.49. The first-order chi connectivity index (χ1) is 12.5. The van der Waals surface area contributed by atoms with Crippen LogP contribution in [0.15, 0.2) is 42.5 Å². The normalized spacial score (nSPS) is 18.0. The topological polar surface area (TPSA) is 72.6 Å². The van der Waals surface area contributed by atoms with Crippen LogP contribution in [0.3, 0.4) is 0 Å². The molecule has 134 valence electrons. The minimum absolute atomic E-state index is 0.00267. The number of carbonyl (C=O) groups excluding carboxylic acids is 2. The Morgan fingerprint density at radius 2 is 1.96 bits per heavy atom. The van der Waals surface area contributed by atoms with Gasteiger partial charge >= 0.3 is 5.97 Å². The molecular weight excluding hydrogens is 335 g/mol. The number of nitrogens with zero attached hydrogens (tertiary/aromatic N) is 1. The number of rotatable bonds is 4. The minimum Gasteiger partial charge on any atom is -0.468 e. The number of amides is 1. The van der Waals surface area contributed by atoms with E-state index in [2.05, 4.69) is 4.74 Å². The summed E-state index contributed by atoms with van der Waals surface area (Å²) in [6, 6.07) is 11.1. The second-order valence-corrected chi connectivity index (χ2v) is 6.88. The lowest BCUT2D eigenvalue weighted by atomic mass is 9.98. The molecule has 5 nitrogen and oxygen atoms in total. The second kappa shape index (κ2) is 5.92. The van der Waals surface area contributed by atoms with E-state index in [0.29, 0.717) is 17.8 Å². The van der Waals surface area contributed by atoms with Crippen LogP contribution in [0, 0.1) is 5.82 Å². The molecule has 1 aliphatic carbocycles. The SMILES string of the molecule is COC(=O)C(N)Cc1ccc(N2C(=O)C3(CC3)c3ccc(F)cc32)cc1. The maximum Gasteiger partial charge on any atom is 0.322 e. The number of hydrogen-bond donors (Lipinski definition) is 1. The van der Waals surface area contributed by atoms with Crippen LogP contribution in [0.5, 0.6) is 0 Å². The van der Waals surface area contributed by atoms with Crippen molar-refractivity contribution < 1.29 is 18.7 Å². The van der Waals surface area contributed by atoms with Crippen molar-refractivity contribution in [3.8, 4) is 0 Å². The van der Waals surface area contributed by atoms with Gasteiger partial charge < -0.3 is 10.5 Å². The van der Waals surface area contributed by atoms with E-state index >= 15 is 0 Å². The first-order valence-electron chi connectivity index (χ1n) is 8.53. The van der Waals surface area contributed by atoms with Crippen molar-refractivity contribution in [3.63, 3.8) is 0 Å². The Morgan fingerprint density at radius 1 is 1.27 bits per heavy atom. The van der Waals surface area contributed by atoms with Crippen LogP contribution >= 0.6 is 0 Å². The van der Waals surface area contributed by atoms with Crippen molar-refractivity contribution in [3.05, 3.63) is 59.4 Å². The van der Waals surface area contributed by atoms with E-state index in [1.54, 1.807) is 23.1 Å². The highest BCUT2D eigenvalue weighted by Gasteiger charge is 2.59. The summed E-state index contributed by atoms with van der Waals surface area (Å²) in [7, 11) is 1.30. The van der Waals surface area contributed by atoms with Crippen LogP contribution in [0.1, 0.15) is 24.0 Å². The van der Waals surface area contributed by atoms with Gasteiger partial charge in [-0.2, -0.15) is 0 Å². The average Bonchev–Trinajstić information content (AvgIpc) is 3.40. The molecule has 0 aromatic heterocycles. The number of esters is 1. The first-order valence-corrected chi connectivity index (χ1v) is 8.53. The Hall–Kier alpha value is -2.73. The van der Waals surface area contributed by atoms with E-state index in [4.69, 9.17) is 5.73 Å². The molecule has 1 unspecified atom stereocenters. The Bertz CT molecular complexity index is 890. The zero-order chi connectivity index (χ0) is 18.5. The molecule has 1 spiro atoms.